The van der Waals surface area contributed by atoms with Gasteiger partial charge in [0.1, 0.15) is 0 Å². The smallest absolute Gasteiger partial charge is 0.0105 e. The molecule has 1 rings (SSSR count). The molecule has 0 spiro atoms. The molecule has 1 aliphatic heterocycles. The Hall–Kier alpha value is -0.120. The molecule has 0 aromatic carbocycles. The van der Waals surface area contributed by atoms with E-state index in [0.717, 1.165) is 19.0 Å². The molecule has 1 heterocycles. The largest absolute Gasteiger partial charge is 0.329 e. The van der Waals surface area contributed by atoms with Crippen molar-refractivity contribution in [3.63, 3.8) is 0 Å². The summed E-state index contributed by atoms with van der Waals surface area (Å²) >= 11 is 0. The molecule has 4 N–H and O–H groups in total. The average Bonchev–Trinajstić information content (AvgIpc) is 2.06. The molecule has 0 bridgehead atoms. The summed E-state index contributed by atoms with van der Waals surface area (Å²) in [5, 5.41) is 0. The maximum absolute atomic E-state index is 5.84. The minimum absolute atomic E-state index is 0.366. The molecule has 1 fully saturated rings. The molecule has 0 amide bonds. The highest BCUT2D eigenvalue weighted by molar-refractivity contribution is 4.77. The Morgan fingerprint density at radius 3 is 2.42 bits per heavy atom. The first-order chi connectivity index (χ1) is 5.74. The molecular formula is C9H21N3. The van der Waals surface area contributed by atoms with E-state index < -0.39 is 0 Å². The van der Waals surface area contributed by atoms with E-state index >= 15 is 0 Å². The third kappa shape index (κ3) is 2.73. The Morgan fingerprint density at radius 1 is 1.42 bits per heavy atom. The maximum atomic E-state index is 5.84. The molecule has 72 valence electrons. The van der Waals surface area contributed by atoms with Gasteiger partial charge in [-0.25, -0.2) is 0 Å². The van der Waals surface area contributed by atoms with E-state index in [1.54, 1.807) is 0 Å². The predicted octanol–water partition coefficient (Wildman–Crippen LogP) is 0.00430. The molecule has 3 heteroatoms. The first kappa shape index (κ1) is 9.96. The zero-order valence-electron chi connectivity index (χ0n) is 8.00. The second-order valence-corrected chi connectivity index (χ2v) is 3.83. The average molecular weight is 171 g/mol. The van der Waals surface area contributed by atoms with Crippen LogP contribution >= 0.6 is 0 Å². The third-order valence-electron chi connectivity index (χ3n) is 2.82. The summed E-state index contributed by atoms with van der Waals surface area (Å²) < 4.78 is 0. The van der Waals surface area contributed by atoms with Crippen LogP contribution in [0.15, 0.2) is 0 Å². The predicted molar refractivity (Wildman–Crippen MR) is 51.9 cm³/mol. The lowest BCUT2D eigenvalue weighted by Gasteiger charge is -2.33. The van der Waals surface area contributed by atoms with Gasteiger partial charge in [-0.1, -0.05) is 0 Å². The van der Waals surface area contributed by atoms with E-state index in [-0.39, 0.29) is 0 Å². The number of nitrogens with two attached hydrogens (primary N) is 2. The third-order valence-corrected chi connectivity index (χ3v) is 2.82. The summed E-state index contributed by atoms with van der Waals surface area (Å²) in [6, 6.07) is 0.366. The fraction of sp³-hybridized carbons (Fsp3) is 1.00. The zero-order chi connectivity index (χ0) is 8.97. The summed E-state index contributed by atoms with van der Waals surface area (Å²) in [6.45, 7) is 6.31. The van der Waals surface area contributed by atoms with Crippen LogP contribution in [-0.2, 0) is 0 Å². The molecule has 0 saturated carbocycles. The highest BCUT2D eigenvalue weighted by Gasteiger charge is 2.20. The van der Waals surface area contributed by atoms with Gasteiger partial charge in [-0.2, -0.15) is 0 Å². The highest BCUT2D eigenvalue weighted by atomic mass is 15.1. The fourth-order valence-corrected chi connectivity index (χ4v) is 1.88. The number of hydrogen-bond donors (Lipinski definition) is 2. The van der Waals surface area contributed by atoms with Gasteiger partial charge in [0.05, 0.1) is 0 Å². The second kappa shape index (κ2) is 4.80. The van der Waals surface area contributed by atoms with Crippen LogP contribution in [0.3, 0.4) is 0 Å². The van der Waals surface area contributed by atoms with Crippen LogP contribution in [0.25, 0.3) is 0 Å². The number of likely N-dealkylation sites (tertiary alicyclic amines) is 1. The van der Waals surface area contributed by atoms with Gasteiger partial charge in [-0.3, -0.25) is 0 Å². The van der Waals surface area contributed by atoms with Gasteiger partial charge in [0.2, 0.25) is 0 Å². The first-order valence-electron chi connectivity index (χ1n) is 4.92. The van der Waals surface area contributed by atoms with Crippen molar-refractivity contribution in [1.82, 2.24) is 4.90 Å². The maximum Gasteiger partial charge on any atom is 0.0105 e. The van der Waals surface area contributed by atoms with E-state index in [9.17, 15) is 0 Å². The Labute approximate surface area is 75.1 Å². The van der Waals surface area contributed by atoms with Crippen LogP contribution in [0.4, 0.5) is 0 Å². The van der Waals surface area contributed by atoms with Crippen LogP contribution in [0.5, 0.6) is 0 Å². The molecule has 0 aromatic rings. The quantitative estimate of drug-likeness (QED) is 0.628. The van der Waals surface area contributed by atoms with Gasteiger partial charge < -0.3 is 16.4 Å². The van der Waals surface area contributed by atoms with Crippen LogP contribution in [0.2, 0.25) is 0 Å². The summed E-state index contributed by atoms with van der Waals surface area (Å²) in [5.74, 6) is 0.735. The second-order valence-electron chi connectivity index (χ2n) is 3.83. The summed E-state index contributed by atoms with van der Waals surface area (Å²) in [5.41, 5.74) is 11.3. The van der Waals surface area contributed by atoms with Crippen molar-refractivity contribution in [3.05, 3.63) is 0 Å². The number of nitrogens with zero attached hydrogens (tertiary/aromatic N) is 1. The SMILES string of the molecule is CC(N)C1CCN(CCN)CC1. The van der Waals surface area contributed by atoms with Gasteiger partial charge in [0, 0.05) is 19.1 Å². The molecule has 12 heavy (non-hydrogen) atoms. The summed E-state index contributed by atoms with van der Waals surface area (Å²) in [7, 11) is 0. The summed E-state index contributed by atoms with van der Waals surface area (Å²) in [4.78, 5) is 2.43. The van der Waals surface area contributed by atoms with Crippen LogP contribution < -0.4 is 11.5 Å². The monoisotopic (exact) mass is 171 g/mol. The molecule has 1 aliphatic rings. The van der Waals surface area contributed by atoms with Crippen molar-refractivity contribution in [1.29, 1.82) is 0 Å². The van der Waals surface area contributed by atoms with E-state index in [1.807, 2.05) is 0 Å². The molecule has 0 aromatic heterocycles. The number of rotatable bonds is 3. The van der Waals surface area contributed by atoms with Crippen LogP contribution in [0, 0.1) is 5.92 Å². The topological polar surface area (TPSA) is 55.3 Å². The van der Waals surface area contributed by atoms with Crippen molar-refractivity contribution in [2.75, 3.05) is 26.2 Å². The Bertz CT molecular complexity index is 117. The van der Waals surface area contributed by atoms with Gasteiger partial charge >= 0.3 is 0 Å². The zero-order valence-corrected chi connectivity index (χ0v) is 8.00. The normalized spacial score (nSPS) is 24.2. The fourth-order valence-electron chi connectivity index (χ4n) is 1.88. The van der Waals surface area contributed by atoms with Gasteiger partial charge in [-0.15, -0.1) is 0 Å². The minimum atomic E-state index is 0.366. The molecular weight excluding hydrogens is 150 g/mol. The van der Waals surface area contributed by atoms with E-state index in [1.165, 1.54) is 25.9 Å². The van der Waals surface area contributed by atoms with E-state index in [4.69, 9.17) is 11.5 Å². The molecule has 1 saturated heterocycles. The van der Waals surface area contributed by atoms with Crippen molar-refractivity contribution < 1.29 is 0 Å². The van der Waals surface area contributed by atoms with Crippen molar-refractivity contribution in [2.24, 2.45) is 17.4 Å². The Balaban J connectivity index is 2.20. The van der Waals surface area contributed by atoms with E-state index in [2.05, 4.69) is 11.8 Å². The van der Waals surface area contributed by atoms with Gasteiger partial charge in [-0.05, 0) is 38.8 Å². The summed E-state index contributed by atoms with van der Waals surface area (Å²) in [6.07, 6.45) is 2.50. The lowest BCUT2D eigenvalue weighted by atomic mass is 9.91. The lowest BCUT2D eigenvalue weighted by molar-refractivity contribution is 0.176. The number of piperidine rings is 1. The van der Waals surface area contributed by atoms with Crippen LogP contribution in [-0.4, -0.2) is 37.1 Å². The van der Waals surface area contributed by atoms with Crippen molar-refractivity contribution in [2.45, 2.75) is 25.8 Å². The number of hydrogen-bond acceptors (Lipinski definition) is 3. The molecule has 3 nitrogen and oxygen atoms in total. The Morgan fingerprint density at radius 2 is 2.00 bits per heavy atom. The molecule has 0 aliphatic carbocycles. The van der Waals surface area contributed by atoms with Crippen molar-refractivity contribution in [3.8, 4) is 0 Å². The van der Waals surface area contributed by atoms with E-state index in [0.29, 0.717) is 6.04 Å². The van der Waals surface area contributed by atoms with Gasteiger partial charge in [0.15, 0.2) is 0 Å². The van der Waals surface area contributed by atoms with Crippen molar-refractivity contribution >= 4 is 0 Å². The standard InChI is InChI=1S/C9H21N3/c1-8(11)9-2-5-12(6-3-9)7-4-10/h8-9H,2-7,10-11H2,1H3. The van der Waals surface area contributed by atoms with Crippen LogP contribution in [0.1, 0.15) is 19.8 Å². The lowest BCUT2D eigenvalue weighted by Crippen LogP contribution is -2.41. The highest BCUT2D eigenvalue weighted by Crippen LogP contribution is 2.18. The molecule has 1 atom stereocenters. The Kier molecular flexibility index (Phi) is 3.98. The van der Waals surface area contributed by atoms with Gasteiger partial charge in [0.25, 0.3) is 0 Å². The molecule has 1 unspecified atom stereocenters. The first-order valence-corrected chi connectivity index (χ1v) is 4.92. The molecule has 0 radical (unpaired) electrons. The minimum Gasteiger partial charge on any atom is -0.329 e.